The van der Waals surface area contributed by atoms with Gasteiger partial charge in [0.15, 0.2) is 5.76 Å². The van der Waals surface area contributed by atoms with Gasteiger partial charge in [0.05, 0.1) is 0 Å². The number of likely N-dealkylation sites (tertiary alicyclic amines) is 1. The molecule has 2 heterocycles. The molecule has 1 N–H and O–H groups in total. The number of hydrogen-bond donors (Lipinski definition) is 1. The van der Waals surface area contributed by atoms with Gasteiger partial charge in [0.2, 0.25) is 5.91 Å². The summed E-state index contributed by atoms with van der Waals surface area (Å²) in [6.45, 7) is 4.93. The Hall–Kier alpha value is -2.30. The highest BCUT2D eigenvalue weighted by atomic mass is 16.3. The zero-order valence-electron chi connectivity index (χ0n) is 12.9. The largest absolute Gasteiger partial charge is 0.451 e. The number of carbonyl (C=O) groups is 2. The van der Waals surface area contributed by atoms with E-state index in [0.717, 1.165) is 29.4 Å². The molecule has 0 aliphatic carbocycles. The van der Waals surface area contributed by atoms with E-state index in [9.17, 15) is 9.59 Å². The molecule has 1 aromatic heterocycles. The van der Waals surface area contributed by atoms with E-state index >= 15 is 0 Å². The zero-order chi connectivity index (χ0) is 15.7. The summed E-state index contributed by atoms with van der Waals surface area (Å²) in [6.07, 6.45) is 1.56. The molecule has 1 fully saturated rings. The van der Waals surface area contributed by atoms with Gasteiger partial charge < -0.3 is 14.6 Å². The van der Waals surface area contributed by atoms with Crippen molar-refractivity contribution in [2.24, 2.45) is 0 Å². The molecular weight excluding hydrogens is 280 g/mol. The van der Waals surface area contributed by atoms with Crippen molar-refractivity contribution in [3.8, 4) is 0 Å². The summed E-state index contributed by atoms with van der Waals surface area (Å²) in [5, 5.41) is 3.95. The van der Waals surface area contributed by atoms with E-state index in [1.807, 2.05) is 30.0 Å². The number of aryl methyl sites for hydroxylation is 1. The highest BCUT2D eigenvalue weighted by Gasteiger charge is 2.23. The van der Waals surface area contributed by atoms with Crippen molar-refractivity contribution < 1.29 is 14.0 Å². The highest BCUT2D eigenvalue weighted by Crippen LogP contribution is 2.23. The van der Waals surface area contributed by atoms with E-state index in [1.54, 1.807) is 13.0 Å². The second-order valence-electron chi connectivity index (χ2n) is 5.86. The number of benzene rings is 1. The van der Waals surface area contributed by atoms with E-state index in [2.05, 4.69) is 5.32 Å². The third-order valence-electron chi connectivity index (χ3n) is 4.24. The topological polar surface area (TPSA) is 62.6 Å². The Kier molecular flexibility index (Phi) is 3.88. The molecule has 5 nitrogen and oxygen atoms in total. The van der Waals surface area contributed by atoms with Crippen LogP contribution < -0.4 is 5.32 Å². The summed E-state index contributed by atoms with van der Waals surface area (Å²) in [5.74, 6) is 0.257. The fraction of sp³-hybridized carbons (Fsp3) is 0.412. The van der Waals surface area contributed by atoms with Gasteiger partial charge in [-0.1, -0.05) is 18.2 Å². The SMILES string of the molecule is CC(=O)N1CCC(NC(=O)c2cc3cccc(C)c3o2)CC1. The van der Waals surface area contributed by atoms with Crippen molar-refractivity contribution in [1.29, 1.82) is 0 Å². The zero-order valence-corrected chi connectivity index (χ0v) is 12.9. The second kappa shape index (κ2) is 5.83. The van der Waals surface area contributed by atoms with Gasteiger partial charge in [-0.25, -0.2) is 0 Å². The molecule has 5 heteroatoms. The summed E-state index contributed by atoms with van der Waals surface area (Å²) in [7, 11) is 0. The molecule has 22 heavy (non-hydrogen) atoms. The summed E-state index contributed by atoms with van der Waals surface area (Å²) in [6, 6.07) is 7.73. The molecule has 0 atom stereocenters. The van der Waals surface area contributed by atoms with Gasteiger partial charge in [-0.2, -0.15) is 0 Å². The molecule has 2 aromatic rings. The fourth-order valence-electron chi connectivity index (χ4n) is 2.92. The minimum absolute atomic E-state index is 0.0948. The lowest BCUT2D eigenvalue weighted by Gasteiger charge is -2.31. The van der Waals surface area contributed by atoms with Crippen molar-refractivity contribution in [3.63, 3.8) is 0 Å². The first-order valence-electron chi connectivity index (χ1n) is 7.60. The molecule has 0 unspecified atom stereocenters. The minimum atomic E-state index is -0.183. The molecule has 0 saturated carbocycles. The van der Waals surface area contributed by atoms with E-state index in [-0.39, 0.29) is 17.9 Å². The number of rotatable bonds is 2. The van der Waals surface area contributed by atoms with Crippen molar-refractivity contribution in [2.75, 3.05) is 13.1 Å². The van der Waals surface area contributed by atoms with Crippen LogP contribution in [0.3, 0.4) is 0 Å². The van der Waals surface area contributed by atoms with Crippen molar-refractivity contribution in [3.05, 3.63) is 35.6 Å². The monoisotopic (exact) mass is 300 g/mol. The molecule has 0 spiro atoms. The summed E-state index contributed by atoms with van der Waals surface area (Å²) in [5.41, 5.74) is 1.78. The Morgan fingerprint density at radius 1 is 1.27 bits per heavy atom. The third-order valence-corrected chi connectivity index (χ3v) is 4.24. The van der Waals surface area contributed by atoms with E-state index in [4.69, 9.17) is 4.42 Å². The van der Waals surface area contributed by atoms with Crippen LogP contribution in [0.2, 0.25) is 0 Å². The van der Waals surface area contributed by atoms with Crippen molar-refractivity contribution in [2.45, 2.75) is 32.7 Å². The lowest BCUT2D eigenvalue weighted by atomic mass is 10.0. The number of nitrogens with zero attached hydrogens (tertiary/aromatic N) is 1. The predicted octanol–water partition coefficient (Wildman–Crippen LogP) is 2.48. The van der Waals surface area contributed by atoms with E-state index < -0.39 is 0 Å². The van der Waals surface area contributed by atoms with E-state index in [1.165, 1.54) is 0 Å². The maximum absolute atomic E-state index is 12.3. The van der Waals surface area contributed by atoms with Crippen molar-refractivity contribution in [1.82, 2.24) is 10.2 Å². The normalized spacial score (nSPS) is 16.0. The average Bonchev–Trinajstić information content (AvgIpc) is 2.93. The lowest BCUT2D eigenvalue weighted by molar-refractivity contribution is -0.129. The molecule has 0 bridgehead atoms. The first kappa shape index (κ1) is 14.6. The Bertz CT molecular complexity index is 712. The smallest absolute Gasteiger partial charge is 0.287 e. The Labute approximate surface area is 129 Å². The quantitative estimate of drug-likeness (QED) is 0.927. The summed E-state index contributed by atoms with van der Waals surface area (Å²) in [4.78, 5) is 25.4. The van der Waals surface area contributed by atoms with Crippen LogP contribution in [-0.2, 0) is 4.79 Å². The molecule has 2 amide bonds. The maximum atomic E-state index is 12.3. The highest BCUT2D eigenvalue weighted by molar-refractivity contribution is 5.96. The molecular formula is C17H20N2O3. The van der Waals surface area contributed by atoms with Crippen molar-refractivity contribution >= 4 is 22.8 Å². The van der Waals surface area contributed by atoms with Gasteiger partial charge in [-0.3, -0.25) is 9.59 Å². The van der Waals surface area contributed by atoms with Gasteiger partial charge in [0, 0.05) is 31.4 Å². The van der Waals surface area contributed by atoms with Crippen LogP contribution in [0.25, 0.3) is 11.0 Å². The van der Waals surface area contributed by atoms with Crippen LogP contribution in [0.4, 0.5) is 0 Å². The third kappa shape index (κ3) is 2.84. The lowest BCUT2D eigenvalue weighted by Crippen LogP contribution is -2.45. The predicted molar refractivity (Wildman–Crippen MR) is 83.7 cm³/mol. The first-order valence-corrected chi connectivity index (χ1v) is 7.60. The summed E-state index contributed by atoms with van der Waals surface area (Å²) < 4.78 is 5.68. The molecule has 1 aliphatic heterocycles. The molecule has 1 aliphatic rings. The molecule has 0 radical (unpaired) electrons. The van der Waals surface area contributed by atoms with Crippen LogP contribution in [-0.4, -0.2) is 35.8 Å². The van der Waals surface area contributed by atoms with Crippen LogP contribution in [0.15, 0.2) is 28.7 Å². The van der Waals surface area contributed by atoms with Gasteiger partial charge in [0.25, 0.3) is 5.91 Å². The number of furan rings is 1. The number of piperidine rings is 1. The number of nitrogens with one attached hydrogen (secondary N) is 1. The molecule has 1 saturated heterocycles. The van der Waals surface area contributed by atoms with Gasteiger partial charge in [-0.15, -0.1) is 0 Å². The number of amides is 2. The number of fused-ring (bicyclic) bond motifs is 1. The summed E-state index contributed by atoms with van der Waals surface area (Å²) >= 11 is 0. The minimum Gasteiger partial charge on any atom is -0.451 e. The second-order valence-corrected chi connectivity index (χ2v) is 5.86. The van der Waals surface area contributed by atoms with Gasteiger partial charge in [0.1, 0.15) is 5.58 Å². The van der Waals surface area contributed by atoms with Crippen LogP contribution in [0.1, 0.15) is 35.9 Å². The maximum Gasteiger partial charge on any atom is 0.287 e. The number of carbonyl (C=O) groups excluding carboxylic acids is 2. The van der Waals surface area contributed by atoms with E-state index in [0.29, 0.717) is 18.8 Å². The number of para-hydroxylation sites is 1. The fourth-order valence-corrected chi connectivity index (χ4v) is 2.92. The Morgan fingerprint density at radius 3 is 2.64 bits per heavy atom. The Morgan fingerprint density at radius 2 is 2.00 bits per heavy atom. The molecule has 3 rings (SSSR count). The first-order chi connectivity index (χ1) is 10.5. The Balaban J connectivity index is 1.67. The molecule has 116 valence electrons. The van der Waals surface area contributed by atoms with Gasteiger partial charge >= 0.3 is 0 Å². The average molecular weight is 300 g/mol. The van der Waals surface area contributed by atoms with Crippen LogP contribution in [0, 0.1) is 6.92 Å². The standard InChI is InChI=1S/C17H20N2O3/c1-11-4-3-5-13-10-15(22-16(11)13)17(21)18-14-6-8-19(9-7-14)12(2)20/h3-5,10,14H,6-9H2,1-2H3,(H,18,21). The van der Waals surface area contributed by atoms with Crippen LogP contribution in [0.5, 0.6) is 0 Å². The van der Waals surface area contributed by atoms with Gasteiger partial charge in [-0.05, 0) is 31.4 Å². The number of hydrogen-bond acceptors (Lipinski definition) is 3. The van der Waals surface area contributed by atoms with Crippen LogP contribution >= 0.6 is 0 Å². The molecule has 1 aromatic carbocycles.